The fourth-order valence-corrected chi connectivity index (χ4v) is 5.07. The molecule has 11 heteroatoms. The predicted molar refractivity (Wildman–Crippen MR) is 121 cm³/mol. The zero-order chi connectivity index (χ0) is 22.2. The lowest BCUT2D eigenvalue weighted by Gasteiger charge is -2.12. The summed E-state index contributed by atoms with van der Waals surface area (Å²) < 4.78 is 13.5. The number of hydrogen-bond acceptors (Lipinski definition) is 8. The van der Waals surface area contributed by atoms with E-state index < -0.39 is 11.6 Å². The number of anilines is 2. The number of carbonyl (C=O) groups excluding carboxylic acids is 1. The summed E-state index contributed by atoms with van der Waals surface area (Å²) >= 11 is 1.29. The average molecular weight is 458 g/mol. The molecule has 1 saturated heterocycles. The molecule has 0 radical (unpaired) electrons. The molecule has 0 atom stereocenters. The van der Waals surface area contributed by atoms with Crippen LogP contribution in [0.2, 0.25) is 0 Å². The molecule has 0 spiro atoms. The monoisotopic (exact) mass is 457 g/mol. The van der Waals surface area contributed by atoms with Crippen LogP contribution >= 0.6 is 11.3 Å². The van der Waals surface area contributed by atoms with E-state index in [-0.39, 0.29) is 31.1 Å². The van der Waals surface area contributed by atoms with E-state index in [0.29, 0.717) is 33.4 Å². The summed E-state index contributed by atoms with van der Waals surface area (Å²) in [4.78, 5) is 45.7. The number of carbonyl (C=O) groups is 1. The highest BCUT2D eigenvalue weighted by Gasteiger charge is 2.23. The van der Waals surface area contributed by atoms with Gasteiger partial charge >= 0.3 is 5.69 Å². The van der Waals surface area contributed by atoms with Crippen LogP contribution in [0.5, 0.6) is 11.5 Å². The Morgan fingerprint density at radius 3 is 2.72 bits per heavy atom. The molecule has 1 N–H and O–H groups in total. The fraction of sp³-hybridized carbons (Fsp3) is 0.429. The first-order valence-electron chi connectivity index (χ1n) is 10.6. The Morgan fingerprint density at radius 1 is 1.16 bits per heavy atom. The summed E-state index contributed by atoms with van der Waals surface area (Å²) in [5.41, 5.74) is -0.0766. The first-order valence-corrected chi connectivity index (χ1v) is 11.5. The first kappa shape index (κ1) is 20.6. The van der Waals surface area contributed by atoms with Crippen molar-refractivity contribution in [2.45, 2.75) is 39.3 Å². The van der Waals surface area contributed by atoms with Crippen LogP contribution in [0.1, 0.15) is 26.2 Å². The summed E-state index contributed by atoms with van der Waals surface area (Å²) in [7, 11) is 0. The molecular formula is C21H23N5O5S. The smallest absolute Gasteiger partial charge is 0.333 e. The Balaban J connectivity index is 1.50. The molecule has 0 unspecified atom stereocenters. The van der Waals surface area contributed by atoms with E-state index in [1.54, 1.807) is 18.2 Å². The third kappa shape index (κ3) is 3.62. The van der Waals surface area contributed by atoms with E-state index in [1.165, 1.54) is 20.5 Å². The third-order valence-electron chi connectivity index (χ3n) is 5.54. The zero-order valence-electron chi connectivity index (χ0n) is 17.6. The Hall–Kier alpha value is -3.34. The molecule has 0 bridgehead atoms. The normalized spacial score (nSPS) is 15.0. The number of hydrogen-bond donors (Lipinski definition) is 1. The summed E-state index contributed by atoms with van der Waals surface area (Å²) in [6.07, 6.45) is 2.77. The lowest BCUT2D eigenvalue weighted by molar-refractivity contribution is -0.116. The molecule has 2 aliphatic rings. The van der Waals surface area contributed by atoms with Crippen LogP contribution in [0.3, 0.4) is 0 Å². The van der Waals surface area contributed by atoms with Gasteiger partial charge in [0.15, 0.2) is 22.3 Å². The van der Waals surface area contributed by atoms with E-state index in [9.17, 15) is 14.4 Å². The number of thiazole rings is 1. The fourth-order valence-electron chi connectivity index (χ4n) is 3.99. The molecule has 5 rings (SSSR count). The predicted octanol–water partition coefficient (Wildman–Crippen LogP) is 2.00. The number of rotatable bonds is 6. The maximum absolute atomic E-state index is 13.1. The topological polar surface area (TPSA) is 108 Å². The minimum atomic E-state index is -0.525. The Bertz CT molecular complexity index is 1300. The molecule has 10 nitrogen and oxygen atoms in total. The minimum absolute atomic E-state index is 0.141. The second-order valence-corrected chi connectivity index (χ2v) is 8.76. The van der Waals surface area contributed by atoms with Crippen molar-refractivity contribution in [3.8, 4) is 11.5 Å². The van der Waals surface area contributed by atoms with Crippen molar-refractivity contribution in [3.05, 3.63) is 39.0 Å². The summed E-state index contributed by atoms with van der Waals surface area (Å²) in [5, 5.41) is 3.50. The molecule has 3 aromatic rings. The molecule has 1 aromatic carbocycles. The lowest BCUT2D eigenvalue weighted by atomic mass is 10.3. The molecule has 1 amide bonds. The second-order valence-electron chi connectivity index (χ2n) is 7.79. The highest BCUT2D eigenvalue weighted by molar-refractivity contribution is 7.22. The van der Waals surface area contributed by atoms with Gasteiger partial charge in [-0.25, -0.2) is 9.78 Å². The van der Waals surface area contributed by atoms with Gasteiger partial charge in [0.1, 0.15) is 11.2 Å². The highest BCUT2D eigenvalue weighted by Crippen LogP contribution is 2.34. The van der Waals surface area contributed by atoms with Gasteiger partial charge in [0, 0.05) is 31.4 Å². The number of amides is 1. The molecule has 168 valence electrons. The molecule has 0 aliphatic carbocycles. The van der Waals surface area contributed by atoms with E-state index >= 15 is 0 Å². The van der Waals surface area contributed by atoms with Gasteiger partial charge in [-0.3, -0.25) is 18.7 Å². The van der Waals surface area contributed by atoms with Gasteiger partial charge in [0.05, 0.1) is 0 Å². The van der Waals surface area contributed by atoms with Crippen molar-refractivity contribution in [1.29, 1.82) is 0 Å². The van der Waals surface area contributed by atoms with Crippen molar-refractivity contribution < 1.29 is 14.3 Å². The Morgan fingerprint density at radius 2 is 1.94 bits per heavy atom. The van der Waals surface area contributed by atoms with Crippen LogP contribution in [-0.2, 0) is 17.9 Å². The van der Waals surface area contributed by atoms with Crippen LogP contribution in [-0.4, -0.2) is 39.9 Å². The first-order chi connectivity index (χ1) is 15.5. The number of nitrogens with zero attached hydrogens (tertiary/aromatic N) is 4. The molecule has 32 heavy (non-hydrogen) atoms. The number of nitrogens with one attached hydrogen (secondary N) is 1. The van der Waals surface area contributed by atoms with Crippen LogP contribution in [0.25, 0.3) is 10.3 Å². The van der Waals surface area contributed by atoms with Crippen molar-refractivity contribution >= 4 is 38.4 Å². The highest BCUT2D eigenvalue weighted by atomic mass is 32.1. The molecule has 2 aromatic heterocycles. The van der Waals surface area contributed by atoms with Gasteiger partial charge in [-0.05, 0) is 31.4 Å². The zero-order valence-corrected chi connectivity index (χ0v) is 18.4. The van der Waals surface area contributed by atoms with Gasteiger partial charge in [0.2, 0.25) is 12.7 Å². The van der Waals surface area contributed by atoms with Gasteiger partial charge in [0.25, 0.3) is 5.56 Å². The third-order valence-corrected chi connectivity index (χ3v) is 6.63. The number of benzene rings is 1. The quantitative estimate of drug-likeness (QED) is 0.603. The van der Waals surface area contributed by atoms with Crippen LogP contribution in [0.4, 0.5) is 10.8 Å². The molecule has 1 fully saturated rings. The van der Waals surface area contributed by atoms with Crippen molar-refractivity contribution in [2.24, 2.45) is 0 Å². The van der Waals surface area contributed by atoms with Crippen LogP contribution in [0.15, 0.2) is 27.8 Å². The Labute approximate surface area is 187 Å². The molecule has 2 aliphatic heterocycles. The van der Waals surface area contributed by atoms with Gasteiger partial charge < -0.3 is 19.7 Å². The van der Waals surface area contributed by atoms with Gasteiger partial charge in [-0.2, -0.15) is 0 Å². The Kier molecular flexibility index (Phi) is 5.33. The molecular weight excluding hydrogens is 434 g/mol. The number of ether oxygens (including phenoxy) is 2. The average Bonchev–Trinajstić information content (AvgIpc) is 3.53. The minimum Gasteiger partial charge on any atom is -0.454 e. The summed E-state index contributed by atoms with van der Waals surface area (Å²) in [6.45, 7) is 3.82. The molecule has 0 saturated carbocycles. The largest absolute Gasteiger partial charge is 0.454 e. The van der Waals surface area contributed by atoms with E-state index in [1.807, 2.05) is 6.92 Å². The number of aromatic nitrogens is 3. The second kappa shape index (κ2) is 8.30. The van der Waals surface area contributed by atoms with Crippen molar-refractivity contribution in [2.75, 3.05) is 30.1 Å². The van der Waals surface area contributed by atoms with Crippen molar-refractivity contribution in [3.63, 3.8) is 0 Å². The van der Waals surface area contributed by atoms with E-state index in [2.05, 4.69) is 15.2 Å². The number of fused-ring (bicyclic) bond motifs is 2. The summed E-state index contributed by atoms with van der Waals surface area (Å²) in [6, 6.07) is 5.09. The summed E-state index contributed by atoms with van der Waals surface area (Å²) in [5.74, 6) is 0.766. The van der Waals surface area contributed by atoms with Crippen molar-refractivity contribution in [1.82, 2.24) is 14.1 Å². The van der Waals surface area contributed by atoms with Gasteiger partial charge in [-0.1, -0.05) is 18.3 Å². The van der Waals surface area contributed by atoms with E-state index in [4.69, 9.17) is 9.47 Å². The maximum atomic E-state index is 13.1. The van der Waals surface area contributed by atoms with E-state index in [0.717, 1.165) is 25.9 Å². The van der Waals surface area contributed by atoms with Crippen LogP contribution < -0.4 is 30.9 Å². The standard InChI is InChI=1S/C21H23N5O5S/c1-2-7-25-19(28)17-18(23-20(32-17)24-8-3-4-9-24)26(21(25)29)11-16(27)22-13-5-6-14-15(10-13)31-12-30-14/h5-6,10H,2-4,7-9,11-12H2,1H3,(H,22,27). The maximum Gasteiger partial charge on any atom is 0.333 e. The SMILES string of the molecule is CCCn1c(=O)c2sc(N3CCCC3)nc2n(CC(=O)Nc2ccc3c(c2)OCO3)c1=O. The van der Waals surface area contributed by atoms with Crippen LogP contribution in [0, 0.1) is 0 Å². The van der Waals surface area contributed by atoms with Gasteiger partial charge in [-0.15, -0.1) is 0 Å². The lowest BCUT2D eigenvalue weighted by Crippen LogP contribution is -2.41. The molecule has 4 heterocycles.